The summed E-state index contributed by atoms with van der Waals surface area (Å²) < 4.78 is 4.99. The Bertz CT molecular complexity index is 724. The third-order valence-electron chi connectivity index (χ3n) is 3.30. The Kier molecular flexibility index (Phi) is 2.65. The number of benzene rings is 1. The first kappa shape index (κ1) is 12.5. The van der Waals surface area contributed by atoms with Crippen LogP contribution in [-0.2, 0) is 9.53 Å². The topological polar surface area (TPSA) is 80.7 Å². The lowest BCUT2D eigenvalue weighted by Crippen LogP contribution is -2.33. The number of carbonyl (C=O) groups excluding carboxylic acids is 3. The van der Waals surface area contributed by atoms with Gasteiger partial charge in [-0.1, -0.05) is 24.3 Å². The fourth-order valence-electron chi connectivity index (χ4n) is 2.33. The maximum atomic E-state index is 12.4. The van der Waals surface area contributed by atoms with Gasteiger partial charge < -0.3 is 9.84 Å². The minimum absolute atomic E-state index is 0.0256. The Balaban J connectivity index is 2.23. The normalized spacial score (nSPS) is 20.9. The summed E-state index contributed by atoms with van der Waals surface area (Å²) in [5.74, 6) is -1.40. The number of fused-ring (bicyclic) bond motifs is 1. The lowest BCUT2D eigenvalue weighted by molar-refractivity contribution is -0.122. The molecule has 0 bridgehead atoms. The van der Waals surface area contributed by atoms with Gasteiger partial charge in [0.25, 0.3) is 0 Å². The number of ketones is 3. The van der Waals surface area contributed by atoms with Crippen LogP contribution in [0.1, 0.15) is 27.6 Å². The SMILES string of the molecule is CC(=O)C1=CC2=C(C(=O)c3ccccc3C2=O)C(O)O1. The molecule has 0 radical (unpaired) electrons. The fraction of sp³-hybridized carbons (Fsp3) is 0.133. The van der Waals surface area contributed by atoms with Gasteiger partial charge in [-0.05, 0) is 6.08 Å². The van der Waals surface area contributed by atoms with E-state index in [1.54, 1.807) is 18.2 Å². The van der Waals surface area contributed by atoms with E-state index in [0.717, 1.165) is 0 Å². The Morgan fingerprint density at radius 3 is 2.35 bits per heavy atom. The highest BCUT2D eigenvalue weighted by Gasteiger charge is 2.38. The van der Waals surface area contributed by atoms with Crippen LogP contribution in [0, 0.1) is 0 Å². The monoisotopic (exact) mass is 270 g/mol. The van der Waals surface area contributed by atoms with E-state index in [0.29, 0.717) is 0 Å². The van der Waals surface area contributed by atoms with Crippen molar-refractivity contribution >= 4 is 17.3 Å². The molecular weight excluding hydrogens is 260 g/mol. The average Bonchev–Trinajstić information content (AvgIpc) is 2.44. The molecule has 100 valence electrons. The van der Waals surface area contributed by atoms with Gasteiger partial charge in [0.2, 0.25) is 6.29 Å². The van der Waals surface area contributed by atoms with Crippen LogP contribution < -0.4 is 0 Å². The molecule has 0 amide bonds. The van der Waals surface area contributed by atoms with Crippen molar-refractivity contribution in [1.82, 2.24) is 0 Å². The molecular formula is C15H10O5. The lowest BCUT2D eigenvalue weighted by Gasteiger charge is -2.27. The molecule has 2 aliphatic rings. The van der Waals surface area contributed by atoms with Crippen LogP contribution in [0.15, 0.2) is 47.2 Å². The summed E-state index contributed by atoms with van der Waals surface area (Å²) in [6, 6.07) is 6.36. The molecule has 0 fully saturated rings. The summed E-state index contributed by atoms with van der Waals surface area (Å²) in [7, 11) is 0. The molecule has 0 spiro atoms. The van der Waals surface area contributed by atoms with E-state index in [1.807, 2.05) is 0 Å². The Morgan fingerprint density at radius 1 is 1.15 bits per heavy atom. The van der Waals surface area contributed by atoms with E-state index in [9.17, 15) is 19.5 Å². The van der Waals surface area contributed by atoms with Gasteiger partial charge in [-0.15, -0.1) is 0 Å². The second kappa shape index (κ2) is 4.25. The largest absolute Gasteiger partial charge is 0.457 e. The molecule has 0 saturated heterocycles. The molecule has 1 atom stereocenters. The van der Waals surface area contributed by atoms with Crippen LogP contribution in [0.2, 0.25) is 0 Å². The predicted octanol–water partition coefficient (Wildman–Crippen LogP) is 1.18. The maximum absolute atomic E-state index is 12.4. The van der Waals surface area contributed by atoms with Crippen LogP contribution in [0.25, 0.3) is 0 Å². The minimum atomic E-state index is -1.60. The van der Waals surface area contributed by atoms with Crippen molar-refractivity contribution < 1.29 is 24.2 Å². The number of hydrogen-bond donors (Lipinski definition) is 1. The lowest BCUT2D eigenvalue weighted by atomic mass is 9.82. The van der Waals surface area contributed by atoms with E-state index >= 15 is 0 Å². The molecule has 0 aromatic heterocycles. The van der Waals surface area contributed by atoms with Gasteiger partial charge in [-0.2, -0.15) is 0 Å². The van der Waals surface area contributed by atoms with E-state index in [2.05, 4.69) is 0 Å². The van der Waals surface area contributed by atoms with Crippen molar-refractivity contribution in [2.75, 3.05) is 0 Å². The molecule has 1 heterocycles. The number of hydrogen-bond acceptors (Lipinski definition) is 5. The standard InChI is InChI=1S/C15H10O5/c1-7(16)11-6-10-12(15(19)20-11)14(18)9-5-3-2-4-8(9)13(10)17/h2-6,15,19H,1H3. The van der Waals surface area contributed by atoms with Crippen LogP contribution in [-0.4, -0.2) is 28.7 Å². The number of aliphatic hydroxyl groups excluding tert-OH is 1. The number of aliphatic hydroxyl groups is 1. The summed E-state index contributed by atoms with van der Waals surface area (Å²) >= 11 is 0. The van der Waals surface area contributed by atoms with E-state index in [4.69, 9.17) is 4.74 Å². The fourth-order valence-corrected chi connectivity index (χ4v) is 2.33. The van der Waals surface area contributed by atoms with Gasteiger partial charge >= 0.3 is 0 Å². The molecule has 20 heavy (non-hydrogen) atoms. The molecule has 1 N–H and O–H groups in total. The van der Waals surface area contributed by atoms with Crippen molar-refractivity contribution in [3.05, 3.63) is 58.4 Å². The van der Waals surface area contributed by atoms with Gasteiger partial charge in [-0.25, -0.2) is 0 Å². The quantitative estimate of drug-likeness (QED) is 0.828. The molecule has 0 saturated carbocycles. The Labute approximate surface area is 114 Å². The van der Waals surface area contributed by atoms with Crippen LogP contribution in [0.4, 0.5) is 0 Å². The zero-order valence-corrected chi connectivity index (χ0v) is 10.5. The maximum Gasteiger partial charge on any atom is 0.229 e. The smallest absolute Gasteiger partial charge is 0.229 e. The average molecular weight is 270 g/mol. The third kappa shape index (κ3) is 1.64. The molecule has 5 heteroatoms. The van der Waals surface area contributed by atoms with Crippen molar-refractivity contribution in [3.63, 3.8) is 0 Å². The van der Waals surface area contributed by atoms with Gasteiger partial charge in [0.15, 0.2) is 23.1 Å². The number of allylic oxidation sites excluding steroid dienone is 3. The Hall–Kier alpha value is -2.53. The number of rotatable bonds is 1. The van der Waals surface area contributed by atoms with Crippen LogP contribution >= 0.6 is 0 Å². The highest BCUT2D eigenvalue weighted by atomic mass is 16.6. The first-order valence-corrected chi connectivity index (χ1v) is 6.00. The summed E-state index contributed by atoms with van der Waals surface area (Å²) in [6.45, 7) is 1.26. The summed E-state index contributed by atoms with van der Waals surface area (Å²) in [5.41, 5.74) is 0.416. The highest BCUT2D eigenvalue weighted by molar-refractivity contribution is 6.28. The molecule has 1 aliphatic heterocycles. The summed E-state index contributed by atoms with van der Waals surface area (Å²) in [5, 5.41) is 9.89. The van der Waals surface area contributed by atoms with Gasteiger partial charge in [0.1, 0.15) is 0 Å². The zero-order valence-electron chi connectivity index (χ0n) is 10.5. The molecule has 1 aliphatic carbocycles. The summed E-state index contributed by atoms with van der Waals surface area (Å²) in [4.78, 5) is 36.0. The minimum Gasteiger partial charge on any atom is -0.457 e. The molecule has 1 aromatic carbocycles. The molecule has 3 rings (SSSR count). The van der Waals surface area contributed by atoms with Gasteiger partial charge in [0.05, 0.1) is 5.57 Å². The summed E-state index contributed by atoms with van der Waals surface area (Å²) in [6.07, 6.45) is -0.376. The third-order valence-corrected chi connectivity index (χ3v) is 3.30. The van der Waals surface area contributed by atoms with Gasteiger partial charge in [0, 0.05) is 23.6 Å². The first-order valence-electron chi connectivity index (χ1n) is 6.00. The molecule has 1 unspecified atom stereocenters. The highest BCUT2D eigenvalue weighted by Crippen LogP contribution is 2.33. The van der Waals surface area contributed by atoms with Crippen molar-refractivity contribution in [2.45, 2.75) is 13.2 Å². The zero-order chi connectivity index (χ0) is 14.4. The van der Waals surface area contributed by atoms with Crippen LogP contribution in [0.5, 0.6) is 0 Å². The second-order valence-corrected chi connectivity index (χ2v) is 4.57. The van der Waals surface area contributed by atoms with Crippen molar-refractivity contribution in [3.8, 4) is 0 Å². The second-order valence-electron chi connectivity index (χ2n) is 4.57. The molecule has 1 aromatic rings. The number of ether oxygens (including phenoxy) is 1. The van der Waals surface area contributed by atoms with E-state index in [-0.39, 0.29) is 28.0 Å². The van der Waals surface area contributed by atoms with Crippen molar-refractivity contribution in [1.29, 1.82) is 0 Å². The Morgan fingerprint density at radius 2 is 1.75 bits per heavy atom. The van der Waals surface area contributed by atoms with Crippen LogP contribution in [0.3, 0.4) is 0 Å². The van der Waals surface area contributed by atoms with Crippen molar-refractivity contribution in [2.24, 2.45) is 0 Å². The van der Waals surface area contributed by atoms with E-state index < -0.39 is 23.6 Å². The predicted molar refractivity (Wildman–Crippen MR) is 68.0 cm³/mol. The van der Waals surface area contributed by atoms with E-state index in [1.165, 1.54) is 19.1 Å². The van der Waals surface area contributed by atoms with Gasteiger partial charge in [-0.3, -0.25) is 14.4 Å². The number of Topliss-reactive ketones (excluding diaryl/α,β-unsaturated/α-hetero) is 3. The molecule has 5 nitrogen and oxygen atoms in total. The first-order chi connectivity index (χ1) is 9.50. The number of carbonyl (C=O) groups is 3.